The predicted molar refractivity (Wildman–Crippen MR) is 94.5 cm³/mol. The number of hydrogen-bond donors (Lipinski definition) is 1. The summed E-state index contributed by atoms with van der Waals surface area (Å²) in [7, 11) is 0. The molecule has 3 aromatic heterocycles. The molecule has 6 nitrogen and oxygen atoms in total. The summed E-state index contributed by atoms with van der Waals surface area (Å²) in [4.78, 5) is 19.3. The van der Waals surface area contributed by atoms with Crippen molar-refractivity contribution >= 4 is 11.6 Å². The number of furan rings is 1. The topological polar surface area (TPSA) is 62.8 Å². The lowest BCUT2D eigenvalue weighted by molar-refractivity contribution is 0.0929. The first-order chi connectivity index (χ1) is 12.2. The molecular formula is C19H22N4O2. The highest BCUT2D eigenvalue weighted by Gasteiger charge is 2.26. The highest BCUT2D eigenvalue weighted by Crippen LogP contribution is 2.25. The van der Waals surface area contributed by atoms with Crippen LogP contribution >= 0.6 is 0 Å². The summed E-state index contributed by atoms with van der Waals surface area (Å²) in [6, 6.07) is 7.90. The molecule has 0 aliphatic carbocycles. The number of fused-ring (bicyclic) bond motifs is 1. The van der Waals surface area contributed by atoms with Crippen molar-refractivity contribution < 1.29 is 9.21 Å². The van der Waals surface area contributed by atoms with Crippen molar-refractivity contribution in [2.24, 2.45) is 0 Å². The first-order valence-corrected chi connectivity index (χ1v) is 8.72. The zero-order chi connectivity index (χ0) is 17.2. The molecule has 4 heterocycles. The number of aromatic nitrogens is 2. The Bertz CT molecular complexity index is 863. The zero-order valence-corrected chi connectivity index (χ0v) is 14.3. The van der Waals surface area contributed by atoms with Gasteiger partial charge in [-0.05, 0) is 62.7 Å². The molecule has 1 unspecified atom stereocenters. The van der Waals surface area contributed by atoms with Gasteiger partial charge in [0, 0.05) is 18.9 Å². The van der Waals surface area contributed by atoms with Crippen LogP contribution in [0, 0.1) is 6.92 Å². The Labute approximate surface area is 146 Å². The third kappa shape index (κ3) is 3.30. The van der Waals surface area contributed by atoms with Crippen molar-refractivity contribution in [1.29, 1.82) is 0 Å². The largest absolute Gasteiger partial charge is 0.468 e. The van der Waals surface area contributed by atoms with Gasteiger partial charge in [0.25, 0.3) is 5.91 Å². The number of pyridine rings is 1. The maximum atomic E-state index is 12.6. The maximum absolute atomic E-state index is 12.6. The van der Waals surface area contributed by atoms with E-state index >= 15 is 0 Å². The fraction of sp³-hybridized carbons (Fsp3) is 0.368. The molecule has 1 fully saturated rings. The van der Waals surface area contributed by atoms with E-state index in [0.717, 1.165) is 30.1 Å². The summed E-state index contributed by atoms with van der Waals surface area (Å²) in [5.74, 6) is 0.741. The molecule has 1 N–H and O–H groups in total. The molecule has 0 radical (unpaired) electrons. The number of nitrogens with one attached hydrogen (secondary N) is 1. The SMILES string of the molecule is Cc1ccn2cc(C(=O)NCC(c3ccco3)N3CCCC3)nc2c1. The highest BCUT2D eigenvalue weighted by molar-refractivity contribution is 5.92. The maximum Gasteiger partial charge on any atom is 0.271 e. The minimum absolute atomic E-state index is 0.0701. The molecule has 0 spiro atoms. The molecule has 1 aliphatic rings. The van der Waals surface area contributed by atoms with Crippen molar-refractivity contribution in [3.63, 3.8) is 0 Å². The molecule has 130 valence electrons. The molecule has 3 aromatic rings. The number of hydrogen-bond acceptors (Lipinski definition) is 4. The zero-order valence-electron chi connectivity index (χ0n) is 14.3. The Hall–Kier alpha value is -2.60. The Morgan fingerprint density at radius 2 is 2.20 bits per heavy atom. The van der Waals surface area contributed by atoms with Gasteiger partial charge in [-0.15, -0.1) is 0 Å². The van der Waals surface area contributed by atoms with Crippen molar-refractivity contribution in [1.82, 2.24) is 19.6 Å². The monoisotopic (exact) mass is 338 g/mol. The van der Waals surface area contributed by atoms with Gasteiger partial charge in [-0.2, -0.15) is 0 Å². The van der Waals surface area contributed by atoms with Crippen molar-refractivity contribution in [3.05, 3.63) is 59.9 Å². The van der Waals surface area contributed by atoms with E-state index in [1.54, 1.807) is 12.5 Å². The second-order valence-electron chi connectivity index (χ2n) is 6.58. The number of likely N-dealkylation sites (tertiary alicyclic amines) is 1. The number of aryl methyl sites for hydroxylation is 1. The van der Waals surface area contributed by atoms with Gasteiger partial charge >= 0.3 is 0 Å². The molecule has 4 rings (SSSR count). The quantitative estimate of drug-likeness (QED) is 0.777. The van der Waals surface area contributed by atoms with Gasteiger partial charge in [-0.3, -0.25) is 9.69 Å². The van der Waals surface area contributed by atoms with Crippen molar-refractivity contribution in [2.75, 3.05) is 19.6 Å². The van der Waals surface area contributed by atoms with Gasteiger partial charge in [0.15, 0.2) is 0 Å². The summed E-state index contributed by atoms with van der Waals surface area (Å²) >= 11 is 0. The molecule has 1 aliphatic heterocycles. The average Bonchev–Trinajstić information content (AvgIpc) is 3.36. The molecule has 1 atom stereocenters. The first kappa shape index (κ1) is 15.9. The molecule has 1 amide bonds. The summed E-state index contributed by atoms with van der Waals surface area (Å²) in [6.07, 6.45) is 7.75. The van der Waals surface area contributed by atoms with Crippen LogP contribution in [-0.4, -0.2) is 39.8 Å². The third-order valence-corrected chi connectivity index (χ3v) is 4.76. The van der Waals surface area contributed by atoms with Crippen LogP contribution in [-0.2, 0) is 0 Å². The van der Waals surface area contributed by atoms with Crippen LogP contribution in [0.2, 0.25) is 0 Å². The van der Waals surface area contributed by atoms with Crippen LogP contribution in [0.4, 0.5) is 0 Å². The molecule has 0 saturated carbocycles. The first-order valence-electron chi connectivity index (χ1n) is 8.72. The third-order valence-electron chi connectivity index (χ3n) is 4.76. The molecule has 25 heavy (non-hydrogen) atoms. The summed E-state index contributed by atoms with van der Waals surface area (Å²) in [5.41, 5.74) is 2.34. The molecule has 6 heteroatoms. The van der Waals surface area contributed by atoms with Gasteiger partial charge in [-0.25, -0.2) is 4.98 Å². The van der Waals surface area contributed by atoms with Crippen LogP contribution in [0.5, 0.6) is 0 Å². The van der Waals surface area contributed by atoms with E-state index in [9.17, 15) is 4.79 Å². The van der Waals surface area contributed by atoms with E-state index in [2.05, 4.69) is 15.2 Å². The second kappa shape index (κ2) is 6.72. The summed E-state index contributed by atoms with van der Waals surface area (Å²) in [6.45, 7) is 4.60. The van der Waals surface area contributed by atoms with E-state index in [0.29, 0.717) is 12.2 Å². The standard InChI is InChI=1S/C19H22N4O2/c1-14-6-9-23-13-15(21-18(23)11-14)19(24)20-12-16(17-5-4-10-25-17)22-7-2-3-8-22/h4-6,9-11,13,16H,2-3,7-8,12H2,1H3,(H,20,24). The van der Waals surface area contributed by atoms with Gasteiger partial charge in [-0.1, -0.05) is 0 Å². The van der Waals surface area contributed by atoms with E-state index < -0.39 is 0 Å². The number of rotatable bonds is 5. The Morgan fingerprint density at radius 3 is 2.96 bits per heavy atom. The van der Waals surface area contributed by atoms with Crippen molar-refractivity contribution in [3.8, 4) is 0 Å². The Balaban J connectivity index is 1.48. The van der Waals surface area contributed by atoms with E-state index in [4.69, 9.17) is 4.42 Å². The van der Waals surface area contributed by atoms with Crippen LogP contribution in [0.25, 0.3) is 5.65 Å². The van der Waals surface area contributed by atoms with Gasteiger partial charge in [0.1, 0.15) is 17.1 Å². The van der Waals surface area contributed by atoms with Gasteiger partial charge in [0.05, 0.1) is 12.3 Å². The Morgan fingerprint density at radius 1 is 1.36 bits per heavy atom. The van der Waals surface area contributed by atoms with Crippen molar-refractivity contribution in [2.45, 2.75) is 25.8 Å². The summed E-state index contributed by atoms with van der Waals surface area (Å²) in [5, 5.41) is 3.02. The lowest BCUT2D eigenvalue weighted by Crippen LogP contribution is -2.36. The number of imidazole rings is 1. The van der Waals surface area contributed by atoms with E-state index in [1.807, 2.05) is 41.8 Å². The van der Waals surface area contributed by atoms with Gasteiger partial charge in [0.2, 0.25) is 0 Å². The van der Waals surface area contributed by atoms with Crippen LogP contribution in [0.3, 0.4) is 0 Å². The van der Waals surface area contributed by atoms with Crippen LogP contribution < -0.4 is 5.32 Å². The molecule has 1 saturated heterocycles. The summed E-state index contributed by atoms with van der Waals surface area (Å²) < 4.78 is 7.46. The van der Waals surface area contributed by atoms with E-state index in [1.165, 1.54) is 12.8 Å². The van der Waals surface area contributed by atoms with E-state index in [-0.39, 0.29) is 11.9 Å². The minimum Gasteiger partial charge on any atom is -0.468 e. The molecule has 0 bridgehead atoms. The second-order valence-corrected chi connectivity index (χ2v) is 6.58. The smallest absolute Gasteiger partial charge is 0.271 e. The van der Waals surface area contributed by atoms with Crippen LogP contribution in [0.1, 0.15) is 40.7 Å². The number of amides is 1. The normalized spacial score (nSPS) is 16.4. The average molecular weight is 338 g/mol. The van der Waals surface area contributed by atoms with Crippen LogP contribution in [0.15, 0.2) is 47.3 Å². The fourth-order valence-corrected chi connectivity index (χ4v) is 3.42. The van der Waals surface area contributed by atoms with Gasteiger partial charge < -0.3 is 14.1 Å². The lowest BCUT2D eigenvalue weighted by Gasteiger charge is -2.25. The predicted octanol–water partition coefficient (Wildman–Crippen LogP) is 2.80. The highest BCUT2D eigenvalue weighted by atomic mass is 16.3. The Kier molecular flexibility index (Phi) is 4.28. The number of nitrogens with zero attached hydrogens (tertiary/aromatic N) is 3. The molecular weight excluding hydrogens is 316 g/mol. The lowest BCUT2D eigenvalue weighted by atomic mass is 10.2. The fourth-order valence-electron chi connectivity index (χ4n) is 3.42. The molecule has 0 aromatic carbocycles. The minimum atomic E-state index is -0.155. The number of carbonyl (C=O) groups excluding carboxylic acids is 1. The number of carbonyl (C=O) groups is 1.